The summed E-state index contributed by atoms with van der Waals surface area (Å²) in [6.45, 7) is 0.573. The predicted octanol–water partition coefficient (Wildman–Crippen LogP) is 2.60. The molecule has 2 aromatic heterocycles. The van der Waals surface area contributed by atoms with E-state index < -0.39 is 0 Å². The number of rotatable bonds is 5. The van der Waals surface area contributed by atoms with Crippen LogP contribution in [-0.4, -0.2) is 23.9 Å². The third kappa shape index (κ3) is 3.12. The van der Waals surface area contributed by atoms with E-state index in [0.717, 1.165) is 9.35 Å². The van der Waals surface area contributed by atoms with Crippen LogP contribution in [-0.2, 0) is 4.74 Å². The fraction of sp³-hybridized carbons (Fsp3) is 0.400. The Bertz CT molecular complexity index is 485. The van der Waals surface area contributed by atoms with Crippen LogP contribution < -0.4 is 5.73 Å². The molecule has 7 heteroatoms. The van der Waals surface area contributed by atoms with Crippen molar-refractivity contribution in [3.8, 4) is 10.7 Å². The zero-order valence-electron chi connectivity index (χ0n) is 9.22. The van der Waals surface area contributed by atoms with E-state index in [-0.39, 0.29) is 6.04 Å². The molecule has 0 aliphatic carbocycles. The summed E-state index contributed by atoms with van der Waals surface area (Å²) in [5.74, 6) is 1.02. The van der Waals surface area contributed by atoms with Crippen LogP contribution >= 0.6 is 27.3 Å². The van der Waals surface area contributed by atoms with Crippen molar-refractivity contribution in [1.82, 2.24) is 10.1 Å². The van der Waals surface area contributed by atoms with Crippen molar-refractivity contribution in [2.45, 2.75) is 12.5 Å². The van der Waals surface area contributed by atoms with Crippen molar-refractivity contribution in [2.24, 2.45) is 5.73 Å². The quantitative estimate of drug-likeness (QED) is 0.917. The molecule has 0 spiro atoms. The standard InChI is InChI=1S/C10H12BrN3O2S/c1-15-3-2-7(12)10-13-9(14-16-10)8-4-6(11)5-17-8/h4-5,7H,2-3,12H2,1H3. The second kappa shape index (κ2) is 5.72. The number of aromatic nitrogens is 2. The number of ether oxygens (including phenoxy) is 1. The van der Waals surface area contributed by atoms with Gasteiger partial charge in [0, 0.05) is 23.6 Å². The largest absolute Gasteiger partial charge is 0.385 e. The maximum Gasteiger partial charge on any atom is 0.243 e. The van der Waals surface area contributed by atoms with Crippen LogP contribution in [0.25, 0.3) is 10.7 Å². The minimum Gasteiger partial charge on any atom is -0.385 e. The summed E-state index contributed by atoms with van der Waals surface area (Å²) in [7, 11) is 1.63. The number of methoxy groups -OCH3 is 1. The first kappa shape index (κ1) is 12.7. The smallest absolute Gasteiger partial charge is 0.243 e. The second-order valence-electron chi connectivity index (χ2n) is 3.47. The van der Waals surface area contributed by atoms with Gasteiger partial charge in [0.05, 0.1) is 10.9 Å². The number of nitrogens with zero attached hydrogens (tertiary/aromatic N) is 2. The van der Waals surface area contributed by atoms with Gasteiger partial charge >= 0.3 is 0 Å². The maximum atomic E-state index is 5.90. The fourth-order valence-corrected chi connectivity index (χ4v) is 2.64. The molecular formula is C10H12BrN3O2S. The van der Waals surface area contributed by atoms with Crippen molar-refractivity contribution < 1.29 is 9.26 Å². The second-order valence-corrected chi connectivity index (χ2v) is 5.30. The number of thiophene rings is 1. The van der Waals surface area contributed by atoms with E-state index in [2.05, 4.69) is 26.1 Å². The Kier molecular flexibility index (Phi) is 4.27. The molecule has 5 nitrogen and oxygen atoms in total. The highest BCUT2D eigenvalue weighted by Crippen LogP contribution is 2.28. The Morgan fingerprint density at radius 3 is 3.12 bits per heavy atom. The highest BCUT2D eigenvalue weighted by Gasteiger charge is 2.16. The van der Waals surface area contributed by atoms with Gasteiger partial charge in [0.15, 0.2) is 0 Å². The molecule has 0 saturated carbocycles. The predicted molar refractivity (Wildman–Crippen MR) is 68.7 cm³/mol. The van der Waals surface area contributed by atoms with Gasteiger partial charge in [-0.05, 0) is 28.4 Å². The van der Waals surface area contributed by atoms with Crippen LogP contribution in [0.3, 0.4) is 0 Å². The molecule has 2 rings (SSSR count). The first-order valence-corrected chi connectivity index (χ1v) is 6.70. The Morgan fingerprint density at radius 1 is 1.65 bits per heavy atom. The van der Waals surface area contributed by atoms with Gasteiger partial charge in [-0.1, -0.05) is 5.16 Å². The maximum absolute atomic E-state index is 5.90. The Morgan fingerprint density at radius 2 is 2.47 bits per heavy atom. The topological polar surface area (TPSA) is 74.2 Å². The zero-order valence-corrected chi connectivity index (χ0v) is 11.6. The lowest BCUT2D eigenvalue weighted by molar-refractivity contribution is 0.182. The van der Waals surface area contributed by atoms with Gasteiger partial charge in [-0.2, -0.15) is 4.98 Å². The first-order valence-electron chi connectivity index (χ1n) is 5.03. The Hall–Kier alpha value is -0.760. The molecule has 2 heterocycles. The van der Waals surface area contributed by atoms with E-state index in [1.165, 1.54) is 0 Å². The van der Waals surface area contributed by atoms with Gasteiger partial charge in [0.2, 0.25) is 11.7 Å². The van der Waals surface area contributed by atoms with E-state index in [9.17, 15) is 0 Å². The first-order chi connectivity index (χ1) is 8.20. The highest BCUT2D eigenvalue weighted by molar-refractivity contribution is 9.10. The van der Waals surface area contributed by atoms with E-state index in [1.54, 1.807) is 18.4 Å². The molecule has 0 aromatic carbocycles. The van der Waals surface area contributed by atoms with Crippen LogP contribution in [0.2, 0.25) is 0 Å². The molecule has 92 valence electrons. The summed E-state index contributed by atoms with van der Waals surface area (Å²) in [5.41, 5.74) is 5.90. The summed E-state index contributed by atoms with van der Waals surface area (Å²) >= 11 is 4.93. The molecule has 0 amide bonds. The highest BCUT2D eigenvalue weighted by atomic mass is 79.9. The minimum atomic E-state index is -0.278. The molecule has 0 bridgehead atoms. The number of hydrogen-bond donors (Lipinski definition) is 1. The van der Waals surface area contributed by atoms with Crippen LogP contribution in [0.5, 0.6) is 0 Å². The SMILES string of the molecule is COCCC(N)c1nc(-c2cc(Br)cs2)no1. The van der Waals surface area contributed by atoms with Gasteiger partial charge in [-0.15, -0.1) is 11.3 Å². The molecule has 0 fully saturated rings. The lowest BCUT2D eigenvalue weighted by atomic mass is 10.2. The van der Waals surface area contributed by atoms with Crippen molar-refractivity contribution in [2.75, 3.05) is 13.7 Å². The number of nitrogens with two attached hydrogens (primary N) is 1. The molecular weight excluding hydrogens is 306 g/mol. The summed E-state index contributed by atoms with van der Waals surface area (Å²) in [6, 6.07) is 1.67. The van der Waals surface area contributed by atoms with Crippen LogP contribution in [0, 0.1) is 0 Å². The van der Waals surface area contributed by atoms with Gasteiger partial charge in [-0.25, -0.2) is 0 Å². The summed E-state index contributed by atoms with van der Waals surface area (Å²) in [5, 5.41) is 5.88. The molecule has 17 heavy (non-hydrogen) atoms. The summed E-state index contributed by atoms with van der Waals surface area (Å²) in [6.07, 6.45) is 0.659. The lowest BCUT2D eigenvalue weighted by Gasteiger charge is -2.03. The van der Waals surface area contributed by atoms with Crippen LogP contribution in [0.4, 0.5) is 0 Å². The Labute approximate surface area is 111 Å². The van der Waals surface area contributed by atoms with E-state index in [1.807, 2.05) is 11.4 Å². The molecule has 0 aliphatic rings. The third-order valence-electron chi connectivity index (χ3n) is 2.18. The van der Waals surface area contributed by atoms with Crippen LogP contribution in [0.15, 0.2) is 20.4 Å². The zero-order chi connectivity index (χ0) is 12.3. The van der Waals surface area contributed by atoms with Crippen molar-refractivity contribution in [3.05, 3.63) is 21.8 Å². The molecule has 2 aromatic rings. The third-order valence-corrected chi connectivity index (χ3v) is 3.87. The average Bonchev–Trinajstić information content (AvgIpc) is 2.93. The van der Waals surface area contributed by atoms with E-state index in [0.29, 0.717) is 24.7 Å². The monoisotopic (exact) mass is 317 g/mol. The fourth-order valence-electron chi connectivity index (χ4n) is 1.28. The number of hydrogen-bond acceptors (Lipinski definition) is 6. The number of halogens is 1. The molecule has 1 unspecified atom stereocenters. The minimum absolute atomic E-state index is 0.278. The molecule has 0 radical (unpaired) electrons. The van der Waals surface area contributed by atoms with Crippen molar-refractivity contribution in [1.29, 1.82) is 0 Å². The summed E-state index contributed by atoms with van der Waals surface area (Å²) in [4.78, 5) is 5.23. The van der Waals surface area contributed by atoms with Crippen molar-refractivity contribution >= 4 is 27.3 Å². The average molecular weight is 318 g/mol. The normalized spacial score (nSPS) is 12.9. The van der Waals surface area contributed by atoms with E-state index >= 15 is 0 Å². The molecule has 0 saturated heterocycles. The van der Waals surface area contributed by atoms with Gasteiger partial charge in [-0.3, -0.25) is 0 Å². The Balaban J connectivity index is 2.10. The summed E-state index contributed by atoms with van der Waals surface area (Å²) < 4.78 is 11.1. The molecule has 1 atom stereocenters. The lowest BCUT2D eigenvalue weighted by Crippen LogP contribution is -2.12. The van der Waals surface area contributed by atoms with Gasteiger partial charge < -0.3 is 15.0 Å². The van der Waals surface area contributed by atoms with Gasteiger partial charge in [0.25, 0.3) is 0 Å². The van der Waals surface area contributed by atoms with Crippen molar-refractivity contribution in [3.63, 3.8) is 0 Å². The molecule has 2 N–H and O–H groups in total. The molecule has 0 aliphatic heterocycles. The van der Waals surface area contributed by atoms with Crippen LogP contribution in [0.1, 0.15) is 18.4 Å². The van der Waals surface area contributed by atoms with E-state index in [4.69, 9.17) is 15.0 Å². The van der Waals surface area contributed by atoms with Gasteiger partial charge in [0.1, 0.15) is 0 Å².